The van der Waals surface area contributed by atoms with Gasteiger partial charge in [-0.2, -0.15) is 0 Å². The first-order valence-electron chi connectivity index (χ1n) is 8.78. The van der Waals surface area contributed by atoms with E-state index >= 15 is 0 Å². The van der Waals surface area contributed by atoms with Crippen molar-refractivity contribution in [2.45, 2.75) is 18.9 Å². The van der Waals surface area contributed by atoms with E-state index in [-0.39, 0.29) is 30.0 Å². The van der Waals surface area contributed by atoms with Crippen molar-refractivity contribution >= 4 is 11.8 Å². The number of hydrogen-bond acceptors (Lipinski definition) is 4. The second-order valence-corrected chi connectivity index (χ2v) is 6.46. The summed E-state index contributed by atoms with van der Waals surface area (Å²) in [5.41, 5.74) is 0.256. The second kappa shape index (κ2) is 8.40. The maximum atomic E-state index is 13.5. The standard InChI is InChI=1S/C18H24FN3O3/c19-15-4-1-3-14(11-15)18(24)22(12-16-5-2-10-25-16)13-17(23)21-8-6-20-7-9-21/h1,3-4,11,16,20H,2,5-10,12-13H2/t16-/m1/s1. The Kier molecular flexibility index (Phi) is 5.99. The molecule has 0 unspecified atom stereocenters. The van der Waals surface area contributed by atoms with Gasteiger partial charge >= 0.3 is 0 Å². The van der Waals surface area contributed by atoms with E-state index in [0.29, 0.717) is 26.2 Å². The largest absolute Gasteiger partial charge is 0.376 e. The number of benzene rings is 1. The van der Waals surface area contributed by atoms with Gasteiger partial charge in [0.2, 0.25) is 5.91 Å². The Balaban J connectivity index is 1.71. The zero-order chi connectivity index (χ0) is 17.6. The second-order valence-electron chi connectivity index (χ2n) is 6.46. The van der Waals surface area contributed by atoms with Crippen LogP contribution in [0.4, 0.5) is 4.39 Å². The lowest BCUT2D eigenvalue weighted by molar-refractivity contribution is -0.132. The van der Waals surface area contributed by atoms with Gasteiger partial charge < -0.3 is 19.9 Å². The predicted molar refractivity (Wildman–Crippen MR) is 90.7 cm³/mol. The predicted octanol–water partition coefficient (Wildman–Crippen LogP) is 0.879. The fourth-order valence-electron chi connectivity index (χ4n) is 3.23. The zero-order valence-corrected chi connectivity index (χ0v) is 14.2. The number of carbonyl (C=O) groups excluding carboxylic acids is 2. The van der Waals surface area contributed by atoms with Gasteiger partial charge in [0.25, 0.3) is 5.91 Å². The third kappa shape index (κ3) is 4.76. The van der Waals surface area contributed by atoms with Crippen LogP contribution in [0.5, 0.6) is 0 Å². The average molecular weight is 349 g/mol. The molecule has 2 aliphatic rings. The number of hydrogen-bond donors (Lipinski definition) is 1. The van der Waals surface area contributed by atoms with Crippen molar-refractivity contribution in [3.63, 3.8) is 0 Å². The summed E-state index contributed by atoms with van der Waals surface area (Å²) in [6.07, 6.45) is 1.76. The van der Waals surface area contributed by atoms with Crippen LogP contribution in [0.25, 0.3) is 0 Å². The molecule has 1 atom stereocenters. The highest BCUT2D eigenvalue weighted by Gasteiger charge is 2.27. The molecule has 0 aliphatic carbocycles. The molecule has 2 heterocycles. The molecule has 7 heteroatoms. The lowest BCUT2D eigenvalue weighted by Crippen LogP contribution is -2.51. The van der Waals surface area contributed by atoms with E-state index < -0.39 is 5.82 Å². The van der Waals surface area contributed by atoms with Crippen LogP contribution >= 0.6 is 0 Å². The molecule has 0 spiro atoms. The number of piperazine rings is 1. The number of nitrogens with one attached hydrogen (secondary N) is 1. The fraction of sp³-hybridized carbons (Fsp3) is 0.556. The van der Waals surface area contributed by atoms with Crippen molar-refractivity contribution in [2.24, 2.45) is 0 Å². The van der Waals surface area contributed by atoms with E-state index in [9.17, 15) is 14.0 Å². The Morgan fingerprint density at radius 2 is 2.12 bits per heavy atom. The number of ether oxygens (including phenoxy) is 1. The van der Waals surface area contributed by atoms with Crippen LogP contribution in [0.3, 0.4) is 0 Å². The van der Waals surface area contributed by atoms with Crippen LogP contribution < -0.4 is 5.32 Å². The summed E-state index contributed by atoms with van der Waals surface area (Å²) in [5, 5.41) is 3.20. The van der Waals surface area contributed by atoms with Crippen LogP contribution in [0.1, 0.15) is 23.2 Å². The summed E-state index contributed by atoms with van der Waals surface area (Å²) >= 11 is 0. The van der Waals surface area contributed by atoms with E-state index in [4.69, 9.17) is 4.74 Å². The van der Waals surface area contributed by atoms with Crippen molar-refractivity contribution in [1.82, 2.24) is 15.1 Å². The molecule has 1 aromatic rings. The Hall–Kier alpha value is -1.99. The van der Waals surface area contributed by atoms with Gasteiger partial charge in [-0.1, -0.05) is 6.07 Å². The van der Waals surface area contributed by atoms with Crippen LogP contribution in [0.15, 0.2) is 24.3 Å². The maximum Gasteiger partial charge on any atom is 0.254 e. The molecule has 0 aromatic heterocycles. The third-order valence-corrected chi connectivity index (χ3v) is 4.60. The molecule has 136 valence electrons. The number of halogens is 1. The molecule has 1 N–H and O–H groups in total. The van der Waals surface area contributed by atoms with E-state index in [0.717, 1.165) is 25.9 Å². The molecule has 2 fully saturated rings. The SMILES string of the molecule is O=C(CN(C[C@H]1CCCO1)C(=O)c1cccc(F)c1)N1CCNCC1. The molecule has 0 saturated carbocycles. The van der Waals surface area contributed by atoms with Gasteiger partial charge in [0.15, 0.2) is 0 Å². The van der Waals surface area contributed by atoms with E-state index in [2.05, 4.69) is 5.32 Å². The minimum Gasteiger partial charge on any atom is -0.376 e. The number of amides is 2. The van der Waals surface area contributed by atoms with Gasteiger partial charge in [-0.15, -0.1) is 0 Å². The molecule has 0 radical (unpaired) electrons. The minimum atomic E-state index is -0.462. The minimum absolute atomic E-state index is 0.00476. The number of nitrogens with zero attached hydrogens (tertiary/aromatic N) is 2. The van der Waals surface area contributed by atoms with Gasteiger partial charge in [0.05, 0.1) is 6.10 Å². The van der Waals surface area contributed by atoms with E-state index in [1.807, 2.05) is 0 Å². The maximum absolute atomic E-state index is 13.5. The summed E-state index contributed by atoms with van der Waals surface area (Å²) in [6.45, 7) is 3.83. The fourth-order valence-corrected chi connectivity index (χ4v) is 3.23. The molecule has 2 amide bonds. The lowest BCUT2D eigenvalue weighted by Gasteiger charge is -2.31. The van der Waals surface area contributed by atoms with Crippen LogP contribution in [0.2, 0.25) is 0 Å². The quantitative estimate of drug-likeness (QED) is 0.857. The topological polar surface area (TPSA) is 61.9 Å². The third-order valence-electron chi connectivity index (χ3n) is 4.60. The molecule has 1 aromatic carbocycles. The van der Waals surface area contributed by atoms with Gasteiger partial charge in [-0.25, -0.2) is 4.39 Å². The first kappa shape index (κ1) is 17.8. The van der Waals surface area contributed by atoms with Crippen molar-refractivity contribution in [1.29, 1.82) is 0 Å². The Labute approximate surface area is 146 Å². The van der Waals surface area contributed by atoms with Crippen molar-refractivity contribution < 1.29 is 18.7 Å². The highest BCUT2D eigenvalue weighted by molar-refractivity contribution is 5.96. The summed E-state index contributed by atoms with van der Waals surface area (Å²) < 4.78 is 19.1. The molecule has 0 bridgehead atoms. The first-order valence-corrected chi connectivity index (χ1v) is 8.78. The Morgan fingerprint density at radius 1 is 1.32 bits per heavy atom. The molecular weight excluding hydrogens is 325 g/mol. The van der Waals surface area contributed by atoms with Crippen LogP contribution in [-0.2, 0) is 9.53 Å². The van der Waals surface area contributed by atoms with Gasteiger partial charge in [-0.05, 0) is 31.0 Å². The van der Waals surface area contributed by atoms with Gasteiger partial charge in [-0.3, -0.25) is 9.59 Å². The van der Waals surface area contributed by atoms with Gasteiger partial charge in [0.1, 0.15) is 12.4 Å². The van der Waals surface area contributed by atoms with Crippen LogP contribution in [0, 0.1) is 5.82 Å². The summed E-state index contributed by atoms with van der Waals surface area (Å²) in [4.78, 5) is 28.7. The summed E-state index contributed by atoms with van der Waals surface area (Å²) in [7, 11) is 0. The number of rotatable bonds is 5. The molecule has 25 heavy (non-hydrogen) atoms. The van der Waals surface area contributed by atoms with Crippen LogP contribution in [-0.4, -0.2) is 73.6 Å². The van der Waals surface area contributed by atoms with Crippen molar-refractivity contribution in [2.75, 3.05) is 45.9 Å². The summed E-state index contributed by atoms with van der Waals surface area (Å²) in [5.74, 6) is -0.876. The highest BCUT2D eigenvalue weighted by atomic mass is 19.1. The molecule has 2 saturated heterocycles. The van der Waals surface area contributed by atoms with E-state index in [1.54, 1.807) is 11.0 Å². The average Bonchev–Trinajstić information content (AvgIpc) is 3.14. The summed E-state index contributed by atoms with van der Waals surface area (Å²) in [6, 6.07) is 5.58. The van der Waals surface area contributed by atoms with Crippen molar-refractivity contribution in [3.8, 4) is 0 Å². The molecule has 6 nitrogen and oxygen atoms in total. The highest BCUT2D eigenvalue weighted by Crippen LogP contribution is 2.16. The first-order chi connectivity index (χ1) is 12.1. The normalized spacial score (nSPS) is 20.5. The van der Waals surface area contributed by atoms with E-state index in [1.165, 1.54) is 23.1 Å². The molecular formula is C18H24FN3O3. The lowest BCUT2D eigenvalue weighted by atomic mass is 10.1. The monoisotopic (exact) mass is 349 g/mol. The zero-order valence-electron chi connectivity index (χ0n) is 14.2. The Morgan fingerprint density at radius 3 is 2.80 bits per heavy atom. The smallest absolute Gasteiger partial charge is 0.254 e. The Bertz CT molecular complexity index is 613. The van der Waals surface area contributed by atoms with Crippen molar-refractivity contribution in [3.05, 3.63) is 35.6 Å². The number of carbonyl (C=O) groups is 2. The van der Waals surface area contributed by atoms with Gasteiger partial charge in [0, 0.05) is 44.9 Å². The molecule has 3 rings (SSSR count). The molecule has 2 aliphatic heterocycles.